The lowest BCUT2D eigenvalue weighted by atomic mass is 10.1. The molecule has 0 aromatic heterocycles. The van der Waals surface area contributed by atoms with Crippen molar-refractivity contribution in [3.63, 3.8) is 0 Å². The van der Waals surface area contributed by atoms with E-state index >= 15 is 0 Å². The summed E-state index contributed by atoms with van der Waals surface area (Å²) in [6.45, 7) is 4.91. The normalized spacial score (nSPS) is 19.5. The molecule has 1 unspecified atom stereocenters. The van der Waals surface area contributed by atoms with Crippen LogP contribution >= 0.6 is 0 Å². The molecule has 5 heteroatoms. The molecule has 1 fully saturated rings. The number of benzene rings is 1. The van der Waals surface area contributed by atoms with E-state index in [1.807, 2.05) is 0 Å². The smallest absolute Gasteiger partial charge is 0.238 e. The maximum atomic E-state index is 13.8. The number of hydrogen-bond donors (Lipinski definition) is 1. The Morgan fingerprint density at radius 3 is 2.79 bits per heavy atom. The molecule has 1 N–H and O–H groups in total. The van der Waals surface area contributed by atoms with Crippen molar-refractivity contribution in [2.45, 2.75) is 26.4 Å². The summed E-state index contributed by atoms with van der Waals surface area (Å²) in [6.07, 6.45) is 0.360. The van der Waals surface area contributed by atoms with Gasteiger partial charge in [0.2, 0.25) is 5.91 Å². The Balaban J connectivity index is 2.19. The third-order valence-electron chi connectivity index (χ3n) is 3.28. The minimum atomic E-state index is -0.623. The van der Waals surface area contributed by atoms with Crippen molar-refractivity contribution in [2.24, 2.45) is 5.92 Å². The van der Waals surface area contributed by atoms with Gasteiger partial charge in [0.15, 0.2) is 0 Å². The number of nitrogens with one attached hydrogen (secondary N) is 1. The minimum absolute atomic E-state index is 0.0469. The molecule has 0 radical (unpaired) electrons. The third kappa shape index (κ3) is 3.10. The van der Waals surface area contributed by atoms with Crippen LogP contribution in [0.15, 0.2) is 18.2 Å². The van der Waals surface area contributed by atoms with Gasteiger partial charge in [-0.2, -0.15) is 0 Å². The summed E-state index contributed by atoms with van der Waals surface area (Å²) in [4.78, 5) is 13.4. The second-order valence-corrected chi connectivity index (χ2v) is 5.22. The molecule has 104 valence electrons. The van der Waals surface area contributed by atoms with Crippen LogP contribution < -0.4 is 5.32 Å². The Hall–Kier alpha value is -1.49. The van der Waals surface area contributed by atoms with Crippen molar-refractivity contribution in [1.29, 1.82) is 0 Å². The van der Waals surface area contributed by atoms with Crippen molar-refractivity contribution >= 4 is 5.91 Å². The van der Waals surface area contributed by atoms with Gasteiger partial charge < -0.3 is 4.90 Å². The first kappa shape index (κ1) is 13.9. The molecule has 0 spiro atoms. The molecular weight excluding hydrogens is 250 g/mol. The van der Waals surface area contributed by atoms with E-state index in [4.69, 9.17) is 0 Å². The van der Waals surface area contributed by atoms with Crippen LogP contribution in [0, 0.1) is 17.6 Å². The van der Waals surface area contributed by atoms with Gasteiger partial charge in [0, 0.05) is 18.2 Å². The molecule has 1 saturated heterocycles. The maximum Gasteiger partial charge on any atom is 0.238 e. The highest BCUT2D eigenvalue weighted by Gasteiger charge is 2.32. The Morgan fingerprint density at radius 2 is 2.16 bits per heavy atom. The first-order chi connectivity index (χ1) is 8.99. The molecular formula is C14H18F2N2O. The Labute approximate surface area is 111 Å². The predicted octanol–water partition coefficient (Wildman–Crippen LogP) is 2.44. The molecule has 19 heavy (non-hydrogen) atoms. The first-order valence-corrected chi connectivity index (χ1v) is 6.47. The summed E-state index contributed by atoms with van der Waals surface area (Å²) in [7, 11) is 0. The third-order valence-corrected chi connectivity index (χ3v) is 3.28. The van der Waals surface area contributed by atoms with E-state index < -0.39 is 17.8 Å². The Morgan fingerprint density at radius 1 is 1.42 bits per heavy atom. The standard InChI is InChI=1S/C14H18F2N2O/c1-9(2)5-6-18-13(19)8-17-14(18)11-4-3-10(15)7-12(11)16/h3-4,7,9,14,17H,5-6,8H2,1-2H3. The van der Waals surface area contributed by atoms with Gasteiger partial charge in [-0.05, 0) is 24.5 Å². The lowest BCUT2D eigenvalue weighted by Crippen LogP contribution is -2.32. The van der Waals surface area contributed by atoms with E-state index in [0.717, 1.165) is 12.5 Å². The number of nitrogens with zero attached hydrogens (tertiary/aromatic N) is 1. The molecule has 0 aliphatic carbocycles. The van der Waals surface area contributed by atoms with Gasteiger partial charge >= 0.3 is 0 Å². The Bertz CT molecular complexity index is 477. The number of carbonyl (C=O) groups is 1. The zero-order valence-corrected chi connectivity index (χ0v) is 11.1. The second kappa shape index (κ2) is 5.65. The SMILES string of the molecule is CC(C)CCN1C(=O)CNC1c1ccc(F)cc1F. The fourth-order valence-corrected chi connectivity index (χ4v) is 2.19. The van der Waals surface area contributed by atoms with Gasteiger partial charge in [0.25, 0.3) is 0 Å². The van der Waals surface area contributed by atoms with Crippen LogP contribution in [0.3, 0.4) is 0 Å². The van der Waals surface area contributed by atoms with Crippen molar-refractivity contribution in [1.82, 2.24) is 10.2 Å². The van der Waals surface area contributed by atoms with Crippen LogP contribution in [0.4, 0.5) is 8.78 Å². The number of amides is 1. The molecule has 1 aliphatic heterocycles. The van der Waals surface area contributed by atoms with Crippen LogP contribution in [0.2, 0.25) is 0 Å². The summed E-state index contributed by atoms with van der Waals surface area (Å²) in [5, 5.41) is 2.97. The summed E-state index contributed by atoms with van der Waals surface area (Å²) < 4.78 is 26.7. The van der Waals surface area contributed by atoms with Crippen molar-refractivity contribution in [3.05, 3.63) is 35.4 Å². The van der Waals surface area contributed by atoms with E-state index in [1.165, 1.54) is 12.1 Å². The van der Waals surface area contributed by atoms with E-state index in [-0.39, 0.29) is 12.5 Å². The lowest BCUT2D eigenvalue weighted by Gasteiger charge is -2.25. The van der Waals surface area contributed by atoms with Gasteiger partial charge in [0.1, 0.15) is 17.8 Å². The molecule has 2 rings (SSSR count). The monoisotopic (exact) mass is 268 g/mol. The topological polar surface area (TPSA) is 32.3 Å². The highest BCUT2D eigenvalue weighted by molar-refractivity contribution is 5.80. The van der Waals surface area contributed by atoms with Crippen LogP contribution in [-0.2, 0) is 4.79 Å². The van der Waals surface area contributed by atoms with Crippen molar-refractivity contribution < 1.29 is 13.6 Å². The second-order valence-electron chi connectivity index (χ2n) is 5.22. The summed E-state index contributed by atoms with van der Waals surface area (Å²) in [5.41, 5.74) is 0.316. The van der Waals surface area contributed by atoms with Crippen molar-refractivity contribution in [3.8, 4) is 0 Å². The summed E-state index contributed by atoms with van der Waals surface area (Å²) in [5.74, 6) is -0.817. The minimum Gasteiger partial charge on any atom is -0.322 e. The molecule has 1 aromatic carbocycles. The fraction of sp³-hybridized carbons (Fsp3) is 0.500. The lowest BCUT2D eigenvalue weighted by molar-refractivity contribution is -0.128. The average Bonchev–Trinajstić information content (AvgIpc) is 2.68. The highest BCUT2D eigenvalue weighted by Crippen LogP contribution is 2.26. The first-order valence-electron chi connectivity index (χ1n) is 6.47. The van der Waals surface area contributed by atoms with Crippen molar-refractivity contribution in [2.75, 3.05) is 13.1 Å². The molecule has 1 atom stereocenters. The Kier molecular flexibility index (Phi) is 4.14. The number of halogens is 2. The molecule has 0 bridgehead atoms. The largest absolute Gasteiger partial charge is 0.322 e. The molecule has 1 aromatic rings. The summed E-state index contributed by atoms with van der Waals surface area (Å²) in [6, 6.07) is 3.45. The predicted molar refractivity (Wildman–Crippen MR) is 68.3 cm³/mol. The van der Waals surface area contributed by atoms with E-state index in [2.05, 4.69) is 19.2 Å². The van der Waals surface area contributed by atoms with Crippen LogP contribution in [-0.4, -0.2) is 23.9 Å². The van der Waals surface area contributed by atoms with Gasteiger partial charge in [-0.3, -0.25) is 10.1 Å². The number of hydrogen-bond acceptors (Lipinski definition) is 2. The van der Waals surface area contributed by atoms with Crippen LogP contribution in [0.25, 0.3) is 0 Å². The number of rotatable bonds is 4. The van der Waals surface area contributed by atoms with Gasteiger partial charge in [-0.1, -0.05) is 13.8 Å². The van der Waals surface area contributed by atoms with E-state index in [1.54, 1.807) is 4.90 Å². The van der Waals surface area contributed by atoms with E-state index in [0.29, 0.717) is 18.0 Å². The zero-order chi connectivity index (χ0) is 14.0. The van der Waals surface area contributed by atoms with E-state index in [9.17, 15) is 13.6 Å². The maximum absolute atomic E-state index is 13.8. The number of carbonyl (C=O) groups excluding carboxylic acids is 1. The summed E-state index contributed by atoms with van der Waals surface area (Å²) >= 11 is 0. The molecule has 1 aliphatic rings. The molecule has 1 amide bonds. The molecule has 3 nitrogen and oxygen atoms in total. The van der Waals surface area contributed by atoms with Crippen LogP contribution in [0.5, 0.6) is 0 Å². The molecule has 0 saturated carbocycles. The van der Waals surface area contributed by atoms with Gasteiger partial charge in [-0.15, -0.1) is 0 Å². The fourth-order valence-electron chi connectivity index (χ4n) is 2.19. The van der Waals surface area contributed by atoms with Gasteiger partial charge in [0.05, 0.1) is 6.54 Å². The highest BCUT2D eigenvalue weighted by atomic mass is 19.1. The van der Waals surface area contributed by atoms with Gasteiger partial charge in [-0.25, -0.2) is 8.78 Å². The average molecular weight is 268 g/mol. The molecule has 1 heterocycles. The quantitative estimate of drug-likeness (QED) is 0.909. The van der Waals surface area contributed by atoms with Crippen LogP contribution in [0.1, 0.15) is 32.0 Å². The zero-order valence-electron chi connectivity index (χ0n) is 11.1.